The van der Waals surface area contributed by atoms with Gasteiger partial charge in [-0.1, -0.05) is 366 Å². The minimum atomic E-state index is -4.45. The van der Waals surface area contributed by atoms with Crippen molar-refractivity contribution in [1.29, 1.82) is 0 Å². The van der Waals surface area contributed by atoms with Gasteiger partial charge in [0, 0.05) is 12.8 Å². The number of carbonyl (C=O) groups excluding carboxylic acids is 2. The summed E-state index contributed by atoms with van der Waals surface area (Å²) in [5.41, 5.74) is 0. The van der Waals surface area contributed by atoms with Crippen LogP contribution in [0.5, 0.6) is 0 Å². The largest absolute Gasteiger partial charge is 0.472 e. The van der Waals surface area contributed by atoms with Crippen molar-refractivity contribution in [3.63, 3.8) is 0 Å². The number of carbonyl (C=O) groups is 2. The number of hydrogen-bond acceptors (Lipinski definition) is 6. The second-order valence-electron chi connectivity index (χ2n) is 28.2. The highest BCUT2D eigenvalue weighted by molar-refractivity contribution is 7.47. The monoisotopic (exact) mass is 1270 g/mol. The van der Waals surface area contributed by atoms with Gasteiger partial charge in [0.05, 0.1) is 33.8 Å². The molecule has 9 nitrogen and oxygen atoms in total. The minimum absolute atomic E-state index is 0.0438. The zero-order valence-corrected chi connectivity index (χ0v) is 61.4. The number of esters is 1. The SMILES string of the molecule is CCCCC/C=C\C/C=C\CCCCCCCCCCCCCCCCCC(=O)NC(COP(=O)(O)OCC[N+](C)(C)C)C(/C=C/CCCCCCCCCCCCC)OC(=O)CCCCCCCCCCCCCCCCCCCCCCCCCCC. The Kier molecular flexibility index (Phi) is 67.7. The number of phosphoric acid groups is 1. The second kappa shape index (κ2) is 69.1. The summed E-state index contributed by atoms with van der Waals surface area (Å²) < 4.78 is 30.9. The van der Waals surface area contributed by atoms with Crippen LogP contribution in [0.4, 0.5) is 0 Å². The predicted molar refractivity (Wildman–Crippen MR) is 388 cm³/mol. The van der Waals surface area contributed by atoms with Gasteiger partial charge >= 0.3 is 13.8 Å². The first-order chi connectivity index (χ1) is 43.4. The smallest absolute Gasteiger partial charge is 0.456 e. The molecule has 0 spiro atoms. The quantitative estimate of drug-likeness (QED) is 0.0205. The van der Waals surface area contributed by atoms with Crippen LogP contribution in [0.25, 0.3) is 0 Å². The highest BCUT2D eigenvalue weighted by Crippen LogP contribution is 2.43. The molecule has 0 fully saturated rings. The molecule has 0 saturated carbocycles. The summed E-state index contributed by atoms with van der Waals surface area (Å²) in [6.45, 7) is 7.07. The number of hydrogen-bond donors (Lipinski definition) is 2. The fourth-order valence-corrected chi connectivity index (χ4v) is 12.8. The molecule has 3 atom stereocenters. The third kappa shape index (κ3) is 70.4. The molecule has 0 bridgehead atoms. The molecule has 0 aliphatic carbocycles. The standard InChI is InChI=1S/C79H153N2O7P/c1-7-10-13-16-19-22-25-28-30-32-34-36-38-40-42-44-46-48-50-53-56-59-62-65-68-71-78(82)80-76(75-87-89(84,85)86-74-73-81(4,5)6)77(70-67-64-61-58-55-52-27-24-21-18-15-12-9-3)88-79(83)72-69-66-63-60-57-54-51-49-47-45-43-41-39-37-35-33-31-29-26-23-20-17-14-11-8-2/h19,22,28,30,67,70,76-77H,7-18,20-21,23-27,29,31-66,68-69,71-75H2,1-6H3,(H-,80,82,84,85)/p+1/b22-19-,30-28-,70-67+. The Morgan fingerprint density at radius 2 is 0.685 bits per heavy atom. The summed E-state index contributed by atoms with van der Waals surface area (Å²) in [4.78, 5) is 38.0. The Hall–Kier alpha value is -1.77. The number of nitrogens with one attached hydrogen (secondary N) is 1. The molecule has 0 aliphatic heterocycles. The van der Waals surface area contributed by atoms with E-state index >= 15 is 0 Å². The van der Waals surface area contributed by atoms with Crippen LogP contribution in [0.15, 0.2) is 36.5 Å². The van der Waals surface area contributed by atoms with Crippen LogP contribution in [-0.4, -0.2) is 74.3 Å². The van der Waals surface area contributed by atoms with Crippen LogP contribution in [0.1, 0.15) is 406 Å². The zero-order chi connectivity index (χ0) is 64.9. The molecule has 0 aromatic rings. The van der Waals surface area contributed by atoms with E-state index in [2.05, 4.69) is 56.5 Å². The van der Waals surface area contributed by atoms with Crippen molar-refractivity contribution in [2.24, 2.45) is 0 Å². The molecule has 0 heterocycles. The molecule has 2 N–H and O–H groups in total. The van der Waals surface area contributed by atoms with Crippen molar-refractivity contribution in [2.75, 3.05) is 40.9 Å². The maximum atomic E-state index is 13.7. The van der Waals surface area contributed by atoms with E-state index in [0.717, 1.165) is 64.2 Å². The number of phosphoric ester groups is 1. The molecule has 0 rings (SSSR count). The third-order valence-electron chi connectivity index (χ3n) is 18.1. The number of ether oxygens (including phenoxy) is 1. The molecule has 89 heavy (non-hydrogen) atoms. The van der Waals surface area contributed by atoms with Crippen LogP contribution >= 0.6 is 7.82 Å². The third-order valence-corrected chi connectivity index (χ3v) is 19.1. The number of amides is 1. The van der Waals surface area contributed by atoms with Gasteiger partial charge in [0.2, 0.25) is 5.91 Å². The van der Waals surface area contributed by atoms with Gasteiger partial charge in [-0.15, -0.1) is 0 Å². The number of unbranched alkanes of at least 4 members (excludes halogenated alkanes) is 53. The fraction of sp³-hybridized carbons (Fsp3) is 0.899. The second-order valence-corrected chi connectivity index (χ2v) is 29.7. The van der Waals surface area contributed by atoms with Crippen LogP contribution in [0.3, 0.4) is 0 Å². The highest BCUT2D eigenvalue weighted by atomic mass is 31.2. The lowest BCUT2D eigenvalue weighted by Gasteiger charge is -2.27. The molecule has 526 valence electrons. The van der Waals surface area contributed by atoms with E-state index in [1.807, 2.05) is 27.2 Å². The van der Waals surface area contributed by atoms with Crippen molar-refractivity contribution >= 4 is 19.7 Å². The first-order valence-corrected chi connectivity index (χ1v) is 40.8. The Balaban J connectivity index is 4.95. The van der Waals surface area contributed by atoms with Gasteiger partial charge in [0.15, 0.2) is 0 Å². The van der Waals surface area contributed by atoms with E-state index in [1.54, 1.807) is 0 Å². The van der Waals surface area contributed by atoms with E-state index in [1.165, 1.54) is 308 Å². The van der Waals surface area contributed by atoms with Crippen LogP contribution < -0.4 is 5.32 Å². The first-order valence-electron chi connectivity index (χ1n) is 39.3. The summed E-state index contributed by atoms with van der Waals surface area (Å²) >= 11 is 0. The van der Waals surface area contributed by atoms with Crippen LogP contribution in [0, 0.1) is 0 Å². The van der Waals surface area contributed by atoms with E-state index in [4.69, 9.17) is 13.8 Å². The minimum Gasteiger partial charge on any atom is -0.456 e. The average molecular weight is 1280 g/mol. The number of nitrogens with zero attached hydrogens (tertiary/aromatic N) is 1. The molecule has 0 radical (unpaired) electrons. The van der Waals surface area contributed by atoms with Gasteiger partial charge in [0.1, 0.15) is 19.3 Å². The average Bonchev–Trinajstić information content (AvgIpc) is 3.67. The van der Waals surface area contributed by atoms with Crippen LogP contribution in [-0.2, 0) is 27.9 Å². The van der Waals surface area contributed by atoms with Gasteiger partial charge in [-0.25, -0.2) is 4.57 Å². The molecule has 0 aliphatic rings. The fourth-order valence-electron chi connectivity index (χ4n) is 12.0. The molecular weight excluding hydrogens is 1120 g/mol. The van der Waals surface area contributed by atoms with Crippen molar-refractivity contribution in [3.05, 3.63) is 36.5 Å². The number of quaternary nitrogens is 1. The van der Waals surface area contributed by atoms with Gasteiger partial charge in [0.25, 0.3) is 0 Å². The van der Waals surface area contributed by atoms with Crippen LogP contribution in [0.2, 0.25) is 0 Å². The van der Waals surface area contributed by atoms with E-state index < -0.39 is 20.0 Å². The van der Waals surface area contributed by atoms with Gasteiger partial charge in [-0.05, 0) is 63.9 Å². The van der Waals surface area contributed by atoms with Crippen molar-refractivity contribution in [1.82, 2.24) is 5.32 Å². The summed E-state index contributed by atoms with van der Waals surface area (Å²) in [6.07, 6.45) is 87.5. The normalized spacial score (nSPS) is 13.6. The number of likely N-dealkylation sites (N-methyl/N-ethyl adjacent to an activating group) is 1. The lowest BCUT2D eigenvalue weighted by molar-refractivity contribution is -0.870. The Morgan fingerprint density at radius 1 is 0.393 bits per heavy atom. The molecule has 10 heteroatoms. The molecule has 1 amide bonds. The maximum absolute atomic E-state index is 13.7. The van der Waals surface area contributed by atoms with E-state index in [0.29, 0.717) is 23.9 Å². The highest BCUT2D eigenvalue weighted by Gasteiger charge is 2.30. The Morgan fingerprint density at radius 3 is 1.03 bits per heavy atom. The molecule has 0 aromatic carbocycles. The lowest BCUT2D eigenvalue weighted by Crippen LogP contribution is -2.47. The van der Waals surface area contributed by atoms with Crippen molar-refractivity contribution < 1.29 is 37.3 Å². The molecule has 0 saturated heterocycles. The summed E-state index contributed by atoms with van der Waals surface area (Å²) in [5, 5.41) is 3.09. The maximum Gasteiger partial charge on any atom is 0.472 e. The van der Waals surface area contributed by atoms with Crippen molar-refractivity contribution in [3.8, 4) is 0 Å². The summed E-state index contributed by atoms with van der Waals surface area (Å²) in [6, 6.07) is -0.846. The van der Waals surface area contributed by atoms with E-state index in [9.17, 15) is 19.0 Å². The predicted octanol–water partition coefficient (Wildman–Crippen LogP) is 25.4. The van der Waals surface area contributed by atoms with Crippen molar-refractivity contribution in [2.45, 2.75) is 418 Å². The van der Waals surface area contributed by atoms with Gasteiger partial charge in [-0.2, -0.15) is 0 Å². The first kappa shape index (κ1) is 87.2. The summed E-state index contributed by atoms with van der Waals surface area (Å²) in [5.74, 6) is -0.479. The van der Waals surface area contributed by atoms with E-state index in [-0.39, 0.29) is 25.1 Å². The molecule has 3 unspecified atom stereocenters. The topological polar surface area (TPSA) is 111 Å². The number of rotatable bonds is 73. The van der Waals surface area contributed by atoms with Gasteiger partial charge < -0.3 is 19.4 Å². The Bertz CT molecular complexity index is 1610. The Labute approximate surface area is 555 Å². The molecular formula is C79H154N2O7P+. The lowest BCUT2D eigenvalue weighted by atomic mass is 10.0. The molecule has 0 aromatic heterocycles. The number of allylic oxidation sites excluding steroid dienone is 5. The zero-order valence-electron chi connectivity index (χ0n) is 60.5. The summed E-state index contributed by atoms with van der Waals surface area (Å²) in [7, 11) is 1.52. The van der Waals surface area contributed by atoms with Gasteiger partial charge in [-0.3, -0.25) is 18.6 Å².